The van der Waals surface area contributed by atoms with Gasteiger partial charge >= 0.3 is 0 Å². The number of carbonyl (C=O) groups is 2. The van der Waals surface area contributed by atoms with Crippen molar-refractivity contribution in [1.82, 2.24) is 9.88 Å². The molecule has 0 bridgehead atoms. The average molecular weight is 481 g/mol. The summed E-state index contributed by atoms with van der Waals surface area (Å²) in [5.74, 6) is -0.785. The number of aromatic nitrogens is 1. The summed E-state index contributed by atoms with van der Waals surface area (Å²) in [7, 11) is 0. The Balaban J connectivity index is 2.09. The molecule has 3 rings (SSSR count). The highest BCUT2D eigenvalue weighted by atomic mass is 16.5. The molecule has 2 aromatic rings. The molecule has 1 N–H and O–H groups in total. The van der Waals surface area contributed by atoms with Gasteiger partial charge in [-0.2, -0.15) is 0 Å². The van der Waals surface area contributed by atoms with Crippen molar-refractivity contribution in [1.29, 1.82) is 0 Å². The van der Waals surface area contributed by atoms with E-state index in [4.69, 9.17) is 9.47 Å². The number of Topliss-reactive ketones (excluding diaryl/α,β-unsaturated/α-hetero) is 1. The van der Waals surface area contributed by atoms with Crippen LogP contribution in [0.2, 0.25) is 0 Å². The molecule has 1 unspecified atom stereocenters. The number of pyridine rings is 1. The monoisotopic (exact) mass is 480 g/mol. The van der Waals surface area contributed by atoms with Gasteiger partial charge in [-0.3, -0.25) is 14.6 Å². The highest BCUT2D eigenvalue weighted by molar-refractivity contribution is 6.46. The van der Waals surface area contributed by atoms with Crippen LogP contribution in [0.4, 0.5) is 0 Å². The van der Waals surface area contributed by atoms with Crippen molar-refractivity contribution >= 4 is 17.4 Å². The minimum atomic E-state index is -0.707. The van der Waals surface area contributed by atoms with Crippen molar-refractivity contribution in [3.05, 3.63) is 65.0 Å². The second kappa shape index (κ2) is 11.0. The van der Waals surface area contributed by atoms with E-state index in [1.165, 1.54) is 4.90 Å². The topological polar surface area (TPSA) is 89.0 Å². The summed E-state index contributed by atoms with van der Waals surface area (Å²) in [6, 6.07) is 8.19. The average Bonchev–Trinajstić information content (AvgIpc) is 3.06. The molecule has 0 spiro atoms. The number of ketones is 1. The highest BCUT2D eigenvalue weighted by Gasteiger charge is 2.45. The molecule has 1 atom stereocenters. The number of aliphatic hydroxyl groups excluding tert-OH is 1. The first kappa shape index (κ1) is 26.4. The highest BCUT2D eigenvalue weighted by Crippen LogP contribution is 2.41. The SMILES string of the molecule is CCOc1ccc(/C(O)=C2/C(=O)C(=O)N(CCCOC(C)C)C2c2ccncc2)cc1C(C)(C)C. The summed E-state index contributed by atoms with van der Waals surface area (Å²) >= 11 is 0. The molecular weight excluding hydrogens is 444 g/mol. The molecule has 1 saturated heterocycles. The summed E-state index contributed by atoms with van der Waals surface area (Å²) in [5.41, 5.74) is 1.92. The number of hydrogen-bond donors (Lipinski definition) is 1. The van der Waals surface area contributed by atoms with Gasteiger partial charge in [-0.1, -0.05) is 20.8 Å². The van der Waals surface area contributed by atoms with Crippen molar-refractivity contribution in [2.24, 2.45) is 0 Å². The fourth-order valence-electron chi connectivity index (χ4n) is 4.26. The smallest absolute Gasteiger partial charge is 0.295 e. The number of nitrogens with zero attached hydrogens (tertiary/aromatic N) is 2. The lowest BCUT2D eigenvalue weighted by Gasteiger charge is -2.26. The molecule has 35 heavy (non-hydrogen) atoms. The van der Waals surface area contributed by atoms with Crippen LogP contribution in [0.3, 0.4) is 0 Å². The van der Waals surface area contributed by atoms with Crippen LogP contribution in [0.15, 0.2) is 48.3 Å². The fraction of sp³-hybridized carbons (Fsp3) is 0.464. The second-order valence-corrected chi connectivity index (χ2v) is 9.94. The predicted octanol–water partition coefficient (Wildman–Crippen LogP) is 5.01. The number of amides is 1. The van der Waals surface area contributed by atoms with Crippen molar-refractivity contribution < 1.29 is 24.2 Å². The van der Waals surface area contributed by atoms with Crippen LogP contribution in [-0.2, 0) is 19.7 Å². The molecule has 7 nitrogen and oxygen atoms in total. The Morgan fingerprint density at radius 2 is 1.83 bits per heavy atom. The van der Waals surface area contributed by atoms with E-state index in [0.717, 1.165) is 11.3 Å². The van der Waals surface area contributed by atoms with Gasteiger partial charge in [0.25, 0.3) is 11.7 Å². The Bertz CT molecular complexity index is 1090. The third-order valence-electron chi connectivity index (χ3n) is 5.92. The summed E-state index contributed by atoms with van der Waals surface area (Å²) in [4.78, 5) is 31.9. The maximum atomic E-state index is 13.2. The zero-order valence-electron chi connectivity index (χ0n) is 21.5. The first-order valence-corrected chi connectivity index (χ1v) is 12.1. The quantitative estimate of drug-likeness (QED) is 0.235. The molecule has 1 aliphatic heterocycles. The van der Waals surface area contributed by atoms with Crippen LogP contribution >= 0.6 is 0 Å². The molecule has 1 fully saturated rings. The number of ether oxygens (including phenoxy) is 2. The lowest BCUT2D eigenvalue weighted by atomic mass is 9.84. The third-order valence-corrected chi connectivity index (χ3v) is 5.92. The summed E-state index contributed by atoms with van der Waals surface area (Å²) in [6.45, 7) is 13.3. The minimum Gasteiger partial charge on any atom is -0.507 e. The van der Waals surface area contributed by atoms with Gasteiger partial charge in [0.2, 0.25) is 0 Å². The number of carbonyl (C=O) groups excluding carboxylic acids is 2. The zero-order chi connectivity index (χ0) is 25.8. The Labute approximate surface area is 207 Å². The van der Waals surface area contributed by atoms with E-state index in [9.17, 15) is 14.7 Å². The third kappa shape index (κ3) is 5.90. The van der Waals surface area contributed by atoms with Crippen molar-refractivity contribution in [3.8, 4) is 5.75 Å². The van der Waals surface area contributed by atoms with E-state index in [2.05, 4.69) is 25.8 Å². The number of benzene rings is 1. The fourth-order valence-corrected chi connectivity index (χ4v) is 4.26. The molecule has 0 aliphatic carbocycles. The van der Waals surface area contributed by atoms with Crippen LogP contribution in [0.5, 0.6) is 5.75 Å². The van der Waals surface area contributed by atoms with E-state index in [1.54, 1.807) is 36.7 Å². The van der Waals surface area contributed by atoms with Crippen molar-refractivity contribution in [3.63, 3.8) is 0 Å². The number of likely N-dealkylation sites (tertiary alicyclic amines) is 1. The molecule has 2 heterocycles. The van der Waals surface area contributed by atoms with Crippen LogP contribution < -0.4 is 4.74 Å². The number of aliphatic hydroxyl groups is 1. The molecule has 7 heteroatoms. The summed E-state index contributed by atoms with van der Waals surface area (Å²) < 4.78 is 11.4. The number of rotatable bonds is 9. The minimum absolute atomic E-state index is 0.0787. The maximum Gasteiger partial charge on any atom is 0.295 e. The molecule has 1 aliphatic rings. The lowest BCUT2D eigenvalue weighted by Crippen LogP contribution is -2.31. The van der Waals surface area contributed by atoms with Crippen molar-refractivity contribution in [2.75, 3.05) is 19.8 Å². The Morgan fingerprint density at radius 3 is 2.43 bits per heavy atom. The van der Waals surface area contributed by atoms with Gasteiger partial charge in [0.05, 0.1) is 24.3 Å². The normalized spacial score (nSPS) is 17.9. The largest absolute Gasteiger partial charge is 0.507 e. The Hall–Kier alpha value is -3.19. The van der Waals surface area contributed by atoms with E-state index in [-0.39, 0.29) is 22.9 Å². The standard InChI is InChI=1S/C28H36N2O5/c1-7-34-22-10-9-20(17-21(22)28(4,5)6)25(31)23-24(19-11-13-29-14-12-19)30(27(33)26(23)32)15-8-16-35-18(2)3/h9-14,17-18,24,31H,7-8,15-16H2,1-6H3/b25-23-. The first-order chi connectivity index (χ1) is 16.6. The molecule has 1 aromatic heterocycles. The molecule has 1 aromatic carbocycles. The van der Waals surface area contributed by atoms with Crippen LogP contribution in [0.1, 0.15) is 70.7 Å². The molecular formula is C28H36N2O5. The van der Waals surface area contributed by atoms with Crippen LogP contribution in [0.25, 0.3) is 5.76 Å². The molecule has 188 valence electrons. The lowest BCUT2D eigenvalue weighted by molar-refractivity contribution is -0.140. The summed E-state index contributed by atoms with van der Waals surface area (Å²) in [6.07, 6.45) is 3.89. The van der Waals surface area contributed by atoms with Crippen LogP contribution in [0, 0.1) is 0 Å². The maximum absolute atomic E-state index is 13.2. The Morgan fingerprint density at radius 1 is 1.14 bits per heavy atom. The van der Waals surface area contributed by atoms with E-state index < -0.39 is 17.7 Å². The van der Waals surface area contributed by atoms with Gasteiger partial charge in [0.15, 0.2) is 0 Å². The van der Waals surface area contributed by atoms with E-state index in [0.29, 0.717) is 37.3 Å². The van der Waals surface area contributed by atoms with Crippen molar-refractivity contribution in [2.45, 2.75) is 65.5 Å². The number of hydrogen-bond acceptors (Lipinski definition) is 6. The van der Waals surface area contributed by atoms with Crippen LogP contribution in [-0.4, -0.2) is 52.5 Å². The molecule has 0 radical (unpaired) electrons. The predicted molar refractivity (Wildman–Crippen MR) is 135 cm³/mol. The van der Waals surface area contributed by atoms with Gasteiger partial charge in [-0.05, 0) is 68.5 Å². The van der Waals surface area contributed by atoms with E-state index in [1.807, 2.05) is 26.8 Å². The van der Waals surface area contributed by atoms with Gasteiger partial charge in [-0.15, -0.1) is 0 Å². The molecule has 0 saturated carbocycles. The van der Waals surface area contributed by atoms with Gasteiger partial charge in [-0.25, -0.2) is 0 Å². The Kier molecular flexibility index (Phi) is 8.33. The second-order valence-electron chi connectivity index (χ2n) is 9.94. The van der Waals surface area contributed by atoms with Gasteiger partial charge in [0, 0.05) is 36.7 Å². The molecule has 1 amide bonds. The van der Waals surface area contributed by atoms with Gasteiger partial charge < -0.3 is 19.5 Å². The van der Waals surface area contributed by atoms with Gasteiger partial charge in [0.1, 0.15) is 11.5 Å². The zero-order valence-corrected chi connectivity index (χ0v) is 21.5. The summed E-state index contributed by atoms with van der Waals surface area (Å²) in [5, 5.41) is 11.4. The first-order valence-electron chi connectivity index (χ1n) is 12.1. The van der Waals surface area contributed by atoms with E-state index >= 15 is 0 Å².